The lowest BCUT2D eigenvalue weighted by molar-refractivity contribution is 0.717. The number of fused-ring (bicyclic) bond motifs is 4. The predicted molar refractivity (Wildman–Crippen MR) is 139 cm³/mol. The Hall–Kier alpha value is -1.90. The Bertz CT molecular complexity index is 1080. The fraction of sp³-hybridized carbons (Fsp3) is 0.357. The first-order valence-electron chi connectivity index (χ1n) is 11.4. The zero-order valence-electron chi connectivity index (χ0n) is 19.6. The van der Waals surface area contributed by atoms with E-state index in [0.29, 0.717) is 11.8 Å². The number of allylic oxidation sites excluding steroid dienone is 8. The molecule has 4 aliphatic rings. The van der Waals surface area contributed by atoms with Crippen LogP contribution < -0.4 is 9.75 Å². The lowest BCUT2D eigenvalue weighted by atomic mass is 9.61. The maximum Gasteiger partial charge on any atom is 0.0384 e. The molecule has 0 N–H and O–H groups in total. The second-order valence-corrected chi connectivity index (χ2v) is 9.00. The van der Waals surface area contributed by atoms with Crippen molar-refractivity contribution in [1.82, 2.24) is 0 Å². The standard InChI is InChI=1S/C22H16S2.3C2H6/c1-11-7-15-13-3-5-24-22(13)18-10-12(2)8-16-14-4-6-23-21(14)17(9-11)19(15)20(16)18;3*1-2/h3-10,19-20H,1-2H3;3*1-2H3. The van der Waals surface area contributed by atoms with Crippen molar-refractivity contribution in [2.45, 2.75) is 55.4 Å². The van der Waals surface area contributed by atoms with Gasteiger partial charge in [0.15, 0.2) is 0 Å². The van der Waals surface area contributed by atoms with Crippen LogP contribution in [0.5, 0.6) is 0 Å². The molecule has 2 heteroatoms. The first-order valence-corrected chi connectivity index (χ1v) is 13.2. The predicted octanol–water partition coefficient (Wildman–Crippen LogP) is 7.84. The van der Waals surface area contributed by atoms with Gasteiger partial charge in [0, 0.05) is 21.2 Å². The summed E-state index contributed by atoms with van der Waals surface area (Å²) in [4.78, 5) is 1.49. The van der Waals surface area contributed by atoms with Gasteiger partial charge in [-0.3, -0.25) is 0 Å². The summed E-state index contributed by atoms with van der Waals surface area (Å²) < 4.78 is 1.49. The molecule has 0 bridgehead atoms. The monoisotopic (exact) mass is 434 g/mol. The summed E-state index contributed by atoms with van der Waals surface area (Å²) in [5, 5.41) is 5.99. The van der Waals surface area contributed by atoms with Gasteiger partial charge in [0.25, 0.3) is 0 Å². The average Bonchev–Trinajstić information content (AvgIpc) is 3.47. The molecule has 30 heavy (non-hydrogen) atoms. The third-order valence-electron chi connectivity index (χ3n) is 5.68. The Morgan fingerprint density at radius 1 is 0.633 bits per heavy atom. The van der Waals surface area contributed by atoms with Gasteiger partial charge < -0.3 is 0 Å². The van der Waals surface area contributed by atoms with Gasteiger partial charge in [0.1, 0.15) is 0 Å². The SMILES string of the molecule is CC.CC.CC.CC1=CC2=c3ccsc3=C3C=C(C)C=C4c5ccsc5C(=C1)C2C43. The fourth-order valence-electron chi connectivity index (χ4n) is 4.90. The highest BCUT2D eigenvalue weighted by Gasteiger charge is 2.44. The summed E-state index contributed by atoms with van der Waals surface area (Å²) in [7, 11) is 0. The first-order chi connectivity index (χ1) is 14.7. The molecular formula is C28H34S2. The molecule has 0 saturated heterocycles. The van der Waals surface area contributed by atoms with Crippen LogP contribution in [0.25, 0.3) is 22.3 Å². The van der Waals surface area contributed by atoms with Crippen LogP contribution in [-0.2, 0) is 0 Å². The summed E-state index contributed by atoms with van der Waals surface area (Å²) in [6.07, 6.45) is 9.72. The lowest BCUT2D eigenvalue weighted by Gasteiger charge is -2.42. The molecule has 2 heterocycles. The smallest absolute Gasteiger partial charge is 0.0384 e. The Balaban J connectivity index is 0.000000395. The van der Waals surface area contributed by atoms with Crippen molar-refractivity contribution in [2.75, 3.05) is 0 Å². The minimum Gasteiger partial charge on any atom is -0.143 e. The van der Waals surface area contributed by atoms with E-state index in [2.05, 4.69) is 61.0 Å². The van der Waals surface area contributed by atoms with Crippen LogP contribution in [-0.4, -0.2) is 0 Å². The van der Waals surface area contributed by atoms with Gasteiger partial charge in [-0.25, -0.2) is 0 Å². The molecule has 2 aromatic heterocycles. The van der Waals surface area contributed by atoms with Crippen molar-refractivity contribution in [1.29, 1.82) is 0 Å². The molecule has 0 fully saturated rings. The van der Waals surface area contributed by atoms with Crippen LogP contribution in [0.2, 0.25) is 0 Å². The summed E-state index contributed by atoms with van der Waals surface area (Å²) in [6, 6.07) is 4.66. The first kappa shape index (κ1) is 22.8. The molecule has 6 rings (SSSR count). The number of hydrogen-bond donors (Lipinski definition) is 0. The number of thiophene rings is 2. The molecule has 0 spiro atoms. The zero-order valence-corrected chi connectivity index (χ0v) is 21.2. The largest absolute Gasteiger partial charge is 0.143 e. The molecule has 0 nitrogen and oxygen atoms in total. The highest BCUT2D eigenvalue weighted by Crippen LogP contribution is 2.57. The van der Waals surface area contributed by atoms with Crippen molar-refractivity contribution in [3.05, 3.63) is 78.5 Å². The lowest BCUT2D eigenvalue weighted by Crippen LogP contribution is -2.40. The van der Waals surface area contributed by atoms with E-state index in [1.54, 1.807) is 11.1 Å². The maximum absolute atomic E-state index is 2.43. The summed E-state index contributed by atoms with van der Waals surface area (Å²) in [6.45, 7) is 16.5. The normalized spacial score (nSPS) is 21.3. The Kier molecular flexibility index (Phi) is 7.21. The van der Waals surface area contributed by atoms with Gasteiger partial charge in [-0.1, -0.05) is 77.0 Å². The van der Waals surface area contributed by atoms with E-state index in [1.807, 2.05) is 64.2 Å². The fourth-order valence-corrected chi connectivity index (χ4v) is 6.85. The van der Waals surface area contributed by atoms with E-state index in [4.69, 9.17) is 0 Å². The Morgan fingerprint density at radius 2 is 1.20 bits per heavy atom. The van der Waals surface area contributed by atoms with Crippen LogP contribution in [0.4, 0.5) is 0 Å². The van der Waals surface area contributed by atoms with E-state index in [-0.39, 0.29) is 0 Å². The quantitative estimate of drug-likeness (QED) is 0.396. The van der Waals surface area contributed by atoms with E-state index in [9.17, 15) is 0 Å². The third kappa shape index (κ3) is 3.35. The minimum atomic E-state index is 0.493. The zero-order chi connectivity index (χ0) is 22.0. The average molecular weight is 435 g/mol. The van der Waals surface area contributed by atoms with Crippen LogP contribution in [0, 0.1) is 11.8 Å². The molecule has 4 aliphatic carbocycles. The number of rotatable bonds is 0. The molecule has 2 atom stereocenters. The molecule has 0 saturated carbocycles. The third-order valence-corrected chi connectivity index (χ3v) is 7.61. The minimum absolute atomic E-state index is 0.493. The van der Waals surface area contributed by atoms with Gasteiger partial charge in [-0.2, -0.15) is 0 Å². The van der Waals surface area contributed by atoms with Crippen LogP contribution in [0.15, 0.2) is 58.3 Å². The molecule has 2 aromatic rings. The van der Waals surface area contributed by atoms with E-state index in [1.165, 1.54) is 42.5 Å². The van der Waals surface area contributed by atoms with Crippen LogP contribution in [0.3, 0.4) is 0 Å². The second kappa shape index (κ2) is 9.49. The van der Waals surface area contributed by atoms with Gasteiger partial charge >= 0.3 is 0 Å². The van der Waals surface area contributed by atoms with Crippen molar-refractivity contribution >= 4 is 45.0 Å². The van der Waals surface area contributed by atoms with Gasteiger partial charge in [0.2, 0.25) is 0 Å². The number of hydrogen-bond acceptors (Lipinski definition) is 2. The molecule has 2 unspecified atom stereocenters. The molecule has 0 radical (unpaired) electrons. The van der Waals surface area contributed by atoms with Crippen molar-refractivity contribution in [2.24, 2.45) is 11.8 Å². The summed E-state index contributed by atoms with van der Waals surface area (Å²) in [5.41, 5.74) is 10.4. The maximum atomic E-state index is 2.43. The highest BCUT2D eigenvalue weighted by molar-refractivity contribution is 7.11. The topological polar surface area (TPSA) is 0 Å². The van der Waals surface area contributed by atoms with E-state index < -0.39 is 0 Å². The molecular weight excluding hydrogens is 400 g/mol. The second-order valence-electron chi connectivity index (χ2n) is 7.17. The molecule has 158 valence electrons. The van der Waals surface area contributed by atoms with Gasteiger partial charge in [0.05, 0.1) is 0 Å². The van der Waals surface area contributed by atoms with Crippen molar-refractivity contribution in [3.63, 3.8) is 0 Å². The summed E-state index contributed by atoms with van der Waals surface area (Å²) >= 11 is 3.81. The molecule has 0 aromatic carbocycles. The summed E-state index contributed by atoms with van der Waals surface area (Å²) in [5.74, 6) is 0.986. The Morgan fingerprint density at radius 3 is 1.90 bits per heavy atom. The van der Waals surface area contributed by atoms with Gasteiger partial charge in [-0.05, 0) is 69.8 Å². The highest BCUT2D eigenvalue weighted by atomic mass is 32.1. The van der Waals surface area contributed by atoms with Crippen molar-refractivity contribution in [3.8, 4) is 0 Å². The van der Waals surface area contributed by atoms with Crippen molar-refractivity contribution < 1.29 is 0 Å². The Labute approximate surface area is 190 Å². The van der Waals surface area contributed by atoms with Crippen LogP contribution >= 0.6 is 22.7 Å². The molecule has 0 amide bonds. The van der Waals surface area contributed by atoms with E-state index in [0.717, 1.165) is 0 Å². The van der Waals surface area contributed by atoms with Crippen LogP contribution in [0.1, 0.15) is 65.8 Å². The molecule has 0 aliphatic heterocycles. The van der Waals surface area contributed by atoms with E-state index >= 15 is 0 Å². The van der Waals surface area contributed by atoms with Gasteiger partial charge in [-0.15, -0.1) is 22.7 Å².